The molecule has 0 aromatic carbocycles. The van der Waals surface area contributed by atoms with E-state index >= 15 is 0 Å². The molecule has 0 unspecified atom stereocenters. The van der Waals surface area contributed by atoms with E-state index < -0.39 is 0 Å². The van der Waals surface area contributed by atoms with Gasteiger partial charge in [0.05, 0.1) is 36.2 Å². The van der Waals surface area contributed by atoms with Crippen molar-refractivity contribution in [3.05, 3.63) is 65.2 Å². The van der Waals surface area contributed by atoms with Gasteiger partial charge in [-0.2, -0.15) is 0 Å². The molecule has 1 N–H and O–H groups in total. The van der Waals surface area contributed by atoms with Gasteiger partial charge in [0.25, 0.3) is 0 Å². The highest BCUT2D eigenvalue weighted by Gasteiger charge is 2.36. The lowest BCUT2D eigenvalue weighted by Crippen LogP contribution is -2.40. The molecule has 1 aliphatic carbocycles. The number of imidazole rings is 1. The number of amides is 1. The molecule has 1 saturated carbocycles. The first-order valence-corrected chi connectivity index (χ1v) is 10.9. The fourth-order valence-corrected chi connectivity index (χ4v) is 4.29. The molecule has 0 saturated heterocycles. The Hall–Kier alpha value is -3.14. The van der Waals surface area contributed by atoms with Crippen molar-refractivity contribution in [2.24, 2.45) is 4.47 Å². The van der Waals surface area contributed by atoms with Gasteiger partial charge in [-0.3, -0.25) is 4.79 Å². The van der Waals surface area contributed by atoms with Crippen molar-refractivity contribution in [1.82, 2.24) is 30.1 Å². The second kappa shape index (κ2) is 8.18. The Morgan fingerprint density at radius 2 is 2.29 bits per heavy atom. The van der Waals surface area contributed by atoms with Crippen LogP contribution in [0.4, 0.5) is 0 Å². The predicted molar refractivity (Wildman–Crippen MR) is 114 cm³/mol. The highest BCUT2D eigenvalue weighted by Crippen LogP contribution is 2.39. The van der Waals surface area contributed by atoms with E-state index in [0.29, 0.717) is 31.2 Å². The molecule has 10 heteroatoms. The van der Waals surface area contributed by atoms with Crippen LogP contribution in [0.3, 0.4) is 0 Å². The zero-order chi connectivity index (χ0) is 21.4. The SMILES string of the molecule is CCC1=CC=C/C(=C/C[C@H]2c3nc[nH]c3CCN2C(=O)c2nnc(C3CC3)o2)N1N=S. The number of H-pyrrole nitrogens is 1. The Kier molecular flexibility index (Phi) is 5.23. The summed E-state index contributed by atoms with van der Waals surface area (Å²) in [6.07, 6.45) is 13.9. The van der Waals surface area contributed by atoms with Gasteiger partial charge < -0.3 is 14.3 Å². The average Bonchev–Trinajstić information content (AvgIpc) is 3.33. The van der Waals surface area contributed by atoms with Gasteiger partial charge in [0, 0.05) is 30.3 Å². The van der Waals surface area contributed by atoms with Gasteiger partial charge in [-0.05, 0) is 37.8 Å². The Bertz CT molecular complexity index is 1090. The predicted octanol–water partition coefficient (Wildman–Crippen LogP) is 3.49. The second-order valence-electron chi connectivity index (χ2n) is 7.88. The van der Waals surface area contributed by atoms with E-state index in [-0.39, 0.29) is 17.8 Å². The summed E-state index contributed by atoms with van der Waals surface area (Å²) in [6.45, 7) is 2.61. The van der Waals surface area contributed by atoms with Crippen molar-refractivity contribution in [3.8, 4) is 0 Å². The molecule has 2 aromatic rings. The van der Waals surface area contributed by atoms with E-state index in [9.17, 15) is 4.79 Å². The lowest BCUT2D eigenvalue weighted by molar-refractivity contribution is 0.0614. The maximum Gasteiger partial charge on any atom is 0.311 e. The number of nitrogens with zero attached hydrogens (tertiary/aromatic N) is 6. The quantitative estimate of drug-likeness (QED) is 0.738. The van der Waals surface area contributed by atoms with Crippen LogP contribution in [-0.4, -0.2) is 42.5 Å². The molecular formula is C21H23N7O2S. The van der Waals surface area contributed by atoms with Gasteiger partial charge in [0.1, 0.15) is 0 Å². The Morgan fingerprint density at radius 3 is 3.06 bits per heavy atom. The van der Waals surface area contributed by atoms with Crippen LogP contribution in [0, 0.1) is 0 Å². The van der Waals surface area contributed by atoms with Crippen molar-refractivity contribution < 1.29 is 9.21 Å². The van der Waals surface area contributed by atoms with Gasteiger partial charge >= 0.3 is 11.8 Å². The molecule has 5 rings (SSSR count). The number of carbonyl (C=O) groups excluding carboxylic acids is 1. The van der Waals surface area contributed by atoms with Crippen molar-refractivity contribution >= 4 is 18.3 Å². The zero-order valence-electron chi connectivity index (χ0n) is 17.2. The molecular weight excluding hydrogens is 414 g/mol. The number of aromatic amines is 1. The number of fused-ring (bicyclic) bond motifs is 1. The van der Waals surface area contributed by atoms with Crippen LogP contribution in [0.25, 0.3) is 0 Å². The topological polar surface area (TPSA) is 104 Å². The minimum atomic E-state index is -0.255. The van der Waals surface area contributed by atoms with Gasteiger partial charge in [0.2, 0.25) is 5.89 Å². The molecule has 2 aliphatic heterocycles. The molecule has 1 amide bonds. The number of rotatable bonds is 6. The number of carbonyl (C=O) groups is 1. The smallest absolute Gasteiger partial charge is 0.311 e. The van der Waals surface area contributed by atoms with Crippen LogP contribution in [-0.2, 0) is 18.8 Å². The Labute approximate surface area is 185 Å². The number of nitrogens with one attached hydrogen (secondary N) is 1. The third kappa shape index (κ3) is 3.71. The van der Waals surface area contributed by atoms with Crippen LogP contribution in [0.5, 0.6) is 0 Å². The standard InChI is InChI=1S/C21H23N7O2S/c1-2-14-4-3-5-15(28(14)26-31)8-9-17-18-16(22-12-23-18)10-11-27(17)21(29)20-25-24-19(30-20)13-6-7-13/h3-5,8,12-13,17H,2,6-7,9-11H2,1H3,(H,22,23)/b15-8-/t17-/m0/s1. The Balaban J connectivity index is 1.42. The monoisotopic (exact) mass is 437 g/mol. The summed E-state index contributed by atoms with van der Waals surface area (Å²) < 4.78 is 9.68. The molecule has 160 valence electrons. The summed E-state index contributed by atoms with van der Waals surface area (Å²) in [6, 6.07) is -0.248. The third-order valence-electron chi connectivity index (χ3n) is 5.92. The van der Waals surface area contributed by atoms with E-state index in [0.717, 1.165) is 42.0 Å². The van der Waals surface area contributed by atoms with Gasteiger partial charge in [0.15, 0.2) is 0 Å². The highest BCUT2D eigenvalue weighted by molar-refractivity contribution is 7.47. The second-order valence-corrected chi connectivity index (χ2v) is 8.04. The molecule has 4 heterocycles. The van der Waals surface area contributed by atoms with Crippen molar-refractivity contribution in [1.29, 1.82) is 0 Å². The van der Waals surface area contributed by atoms with E-state index in [1.54, 1.807) is 16.2 Å². The first kappa shape index (κ1) is 19.8. The van der Waals surface area contributed by atoms with E-state index in [1.807, 2.05) is 24.3 Å². The van der Waals surface area contributed by atoms with Crippen LogP contribution in [0.1, 0.15) is 72.5 Å². The first-order valence-electron chi connectivity index (χ1n) is 10.6. The zero-order valence-corrected chi connectivity index (χ0v) is 18.0. The lowest BCUT2D eigenvalue weighted by Gasteiger charge is -2.34. The largest absolute Gasteiger partial charge is 0.417 e. The number of allylic oxidation sites excluding steroid dienone is 4. The molecule has 1 fully saturated rings. The van der Waals surface area contributed by atoms with Crippen LogP contribution in [0.2, 0.25) is 0 Å². The maximum absolute atomic E-state index is 13.3. The number of hydrogen-bond acceptors (Lipinski definition) is 7. The summed E-state index contributed by atoms with van der Waals surface area (Å²) >= 11 is 5.00. The molecule has 31 heavy (non-hydrogen) atoms. The summed E-state index contributed by atoms with van der Waals surface area (Å²) in [5.74, 6) is 0.665. The molecule has 9 nitrogen and oxygen atoms in total. The summed E-state index contributed by atoms with van der Waals surface area (Å²) in [4.78, 5) is 22.8. The van der Waals surface area contributed by atoms with Crippen LogP contribution >= 0.6 is 0 Å². The van der Waals surface area contributed by atoms with E-state index in [4.69, 9.17) is 16.8 Å². The molecule has 2 aromatic heterocycles. The minimum Gasteiger partial charge on any atom is -0.417 e. The molecule has 1 atom stereocenters. The average molecular weight is 438 g/mol. The molecule has 0 bridgehead atoms. The van der Waals surface area contributed by atoms with Gasteiger partial charge in [-0.15, -0.1) is 10.2 Å². The minimum absolute atomic E-state index is 0.0505. The van der Waals surface area contributed by atoms with Crippen molar-refractivity contribution in [2.45, 2.75) is 51.0 Å². The number of aromatic nitrogens is 4. The van der Waals surface area contributed by atoms with Gasteiger partial charge in [-0.1, -0.05) is 23.5 Å². The normalized spacial score (nSPS) is 21.9. The third-order valence-corrected chi connectivity index (χ3v) is 6.09. The highest BCUT2D eigenvalue weighted by atomic mass is 32.1. The fraction of sp³-hybridized carbons (Fsp3) is 0.429. The molecule has 0 radical (unpaired) electrons. The maximum atomic E-state index is 13.3. The lowest BCUT2D eigenvalue weighted by atomic mass is 9.98. The first-order chi connectivity index (χ1) is 15.2. The van der Waals surface area contributed by atoms with Crippen molar-refractivity contribution in [2.75, 3.05) is 6.54 Å². The van der Waals surface area contributed by atoms with Crippen molar-refractivity contribution in [3.63, 3.8) is 0 Å². The summed E-state index contributed by atoms with van der Waals surface area (Å²) in [5, 5.41) is 9.85. The fourth-order valence-electron chi connectivity index (χ4n) is 4.09. The Morgan fingerprint density at radius 1 is 1.42 bits per heavy atom. The van der Waals surface area contributed by atoms with Crippen LogP contribution < -0.4 is 0 Å². The molecule has 3 aliphatic rings. The van der Waals surface area contributed by atoms with Crippen LogP contribution in [0.15, 0.2) is 50.9 Å². The van der Waals surface area contributed by atoms with Gasteiger partial charge in [-0.25, -0.2) is 9.99 Å². The van der Waals surface area contributed by atoms with E-state index in [1.165, 1.54) is 0 Å². The summed E-state index contributed by atoms with van der Waals surface area (Å²) in [5.41, 5.74) is 3.83. The van der Waals surface area contributed by atoms with E-state index in [2.05, 4.69) is 31.6 Å². The number of hydrogen-bond donors (Lipinski definition) is 1. The molecule has 0 spiro atoms. The summed E-state index contributed by atoms with van der Waals surface area (Å²) in [7, 11) is 0.